The summed E-state index contributed by atoms with van der Waals surface area (Å²) in [7, 11) is -4.93. The number of hydrogen-bond donors (Lipinski definition) is 3. The number of amides is 1. The van der Waals surface area contributed by atoms with Crippen molar-refractivity contribution < 1.29 is 33.2 Å². The third-order valence-electron chi connectivity index (χ3n) is 1.48. The molecule has 9 heteroatoms. The van der Waals surface area contributed by atoms with Crippen LogP contribution >= 0.6 is 7.82 Å². The standard InChI is InChI=1S/C10H14NO7P/c1-4-9(11-8(3)12)6-5-7(2)17-10(13)18-19(14,15)16/h4-6H,1H2,2-3H3,(H,11,12)(H2,14,15,16)/b7-5+,9-6+. The number of rotatable bonds is 5. The third-order valence-corrected chi connectivity index (χ3v) is 1.86. The quantitative estimate of drug-likeness (QED) is 0.302. The van der Waals surface area contributed by atoms with Gasteiger partial charge in [0.25, 0.3) is 0 Å². The van der Waals surface area contributed by atoms with Gasteiger partial charge >= 0.3 is 14.0 Å². The highest BCUT2D eigenvalue weighted by Crippen LogP contribution is 2.36. The molecule has 0 fully saturated rings. The summed E-state index contributed by atoms with van der Waals surface area (Å²) in [6, 6.07) is 0. The molecule has 0 unspecified atom stereocenters. The molecule has 0 aromatic heterocycles. The van der Waals surface area contributed by atoms with Crippen molar-refractivity contribution in [3.63, 3.8) is 0 Å². The minimum Gasteiger partial charge on any atom is -0.400 e. The Morgan fingerprint density at radius 2 is 1.84 bits per heavy atom. The summed E-state index contributed by atoms with van der Waals surface area (Å²) in [5, 5.41) is 2.44. The third kappa shape index (κ3) is 9.78. The van der Waals surface area contributed by atoms with Gasteiger partial charge in [0.1, 0.15) is 5.76 Å². The van der Waals surface area contributed by atoms with E-state index in [9.17, 15) is 14.2 Å². The number of nitrogens with one attached hydrogen (secondary N) is 1. The number of phosphoric acid groups is 1. The fraction of sp³-hybridized carbons (Fsp3) is 0.200. The molecule has 8 nitrogen and oxygen atoms in total. The number of carbonyl (C=O) groups is 2. The Kier molecular flexibility index (Phi) is 6.78. The lowest BCUT2D eigenvalue weighted by atomic mass is 10.3. The summed E-state index contributed by atoms with van der Waals surface area (Å²) in [5.74, 6) is -0.304. The number of carbonyl (C=O) groups excluding carboxylic acids is 2. The first-order valence-electron chi connectivity index (χ1n) is 4.89. The van der Waals surface area contributed by atoms with Crippen molar-refractivity contribution in [1.82, 2.24) is 5.32 Å². The molecule has 0 spiro atoms. The van der Waals surface area contributed by atoms with Crippen molar-refractivity contribution >= 4 is 19.9 Å². The first kappa shape index (κ1) is 17.1. The molecule has 0 aromatic rings. The van der Waals surface area contributed by atoms with Gasteiger partial charge in [0, 0.05) is 12.6 Å². The summed E-state index contributed by atoms with van der Waals surface area (Å²) >= 11 is 0. The van der Waals surface area contributed by atoms with E-state index in [0.29, 0.717) is 5.70 Å². The molecule has 0 saturated carbocycles. The Balaban J connectivity index is 4.60. The van der Waals surface area contributed by atoms with E-state index in [4.69, 9.17) is 9.79 Å². The Hall–Kier alpha value is -1.89. The van der Waals surface area contributed by atoms with Crippen molar-refractivity contribution in [2.24, 2.45) is 0 Å². The monoisotopic (exact) mass is 291 g/mol. The second-order valence-corrected chi connectivity index (χ2v) is 4.38. The van der Waals surface area contributed by atoms with E-state index in [2.05, 4.69) is 21.2 Å². The largest absolute Gasteiger partial charge is 0.529 e. The molecule has 0 atom stereocenters. The smallest absolute Gasteiger partial charge is 0.400 e. The average molecular weight is 291 g/mol. The molecular weight excluding hydrogens is 277 g/mol. The lowest BCUT2D eigenvalue weighted by Crippen LogP contribution is -2.17. The predicted molar refractivity (Wildman–Crippen MR) is 65.5 cm³/mol. The highest BCUT2D eigenvalue weighted by Gasteiger charge is 2.21. The molecule has 0 heterocycles. The molecule has 0 aromatic carbocycles. The zero-order valence-electron chi connectivity index (χ0n) is 10.3. The van der Waals surface area contributed by atoms with Crippen LogP contribution in [0.15, 0.2) is 36.3 Å². The van der Waals surface area contributed by atoms with Crippen LogP contribution in [0.25, 0.3) is 0 Å². The van der Waals surface area contributed by atoms with E-state index in [1.54, 1.807) is 0 Å². The SMILES string of the molecule is C=C/C(=C\C=C(/C)OC(=O)OP(=O)(O)O)NC(C)=O. The topological polar surface area (TPSA) is 122 Å². The van der Waals surface area contributed by atoms with Crippen LogP contribution in [0.1, 0.15) is 13.8 Å². The lowest BCUT2D eigenvalue weighted by molar-refractivity contribution is -0.118. The number of hydrogen-bond acceptors (Lipinski definition) is 5. The second kappa shape index (κ2) is 7.52. The van der Waals surface area contributed by atoms with E-state index in [0.717, 1.165) is 0 Å². The second-order valence-electron chi connectivity index (χ2n) is 3.22. The highest BCUT2D eigenvalue weighted by atomic mass is 31.2. The molecule has 0 rings (SSSR count). The molecule has 0 saturated heterocycles. The van der Waals surface area contributed by atoms with Gasteiger partial charge < -0.3 is 14.6 Å². The van der Waals surface area contributed by atoms with Crippen LogP contribution in [0, 0.1) is 0 Å². The molecular formula is C10H14NO7P. The zero-order valence-corrected chi connectivity index (χ0v) is 11.2. The zero-order chi connectivity index (χ0) is 15.1. The van der Waals surface area contributed by atoms with E-state index in [-0.39, 0.29) is 11.7 Å². The molecule has 3 N–H and O–H groups in total. The van der Waals surface area contributed by atoms with Crippen LogP contribution in [-0.2, 0) is 18.6 Å². The van der Waals surface area contributed by atoms with Crippen molar-refractivity contribution in [3.8, 4) is 0 Å². The molecule has 1 amide bonds. The Morgan fingerprint density at radius 1 is 1.26 bits per heavy atom. The molecule has 19 heavy (non-hydrogen) atoms. The summed E-state index contributed by atoms with van der Waals surface area (Å²) in [5.41, 5.74) is 0.360. The molecule has 0 aliphatic rings. The van der Waals surface area contributed by atoms with Gasteiger partial charge in [-0.15, -0.1) is 0 Å². The van der Waals surface area contributed by atoms with Crippen LogP contribution in [0.5, 0.6) is 0 Å². The van der Waals surface area contributed by atoms with Crippen molar-refractivity contribution in [1.29, 1.82) is 0 Å². The van der Waals surface area contributed by atoms with Gasteiger partial charge in [-0.2, -0.15) is 0 Å². The summed E-state index contributed by atoms with van der Waals surface area (Å²) in [4.78, 5) is 38.4. The lowest BCUT2D eigenvalue weighted by Gasteiger charge is -2.06. The maximum Gasteiger partial charge on any atom is 0.529 e. The molecule has 106 valence electrons. The number of ether oxygens (including phenoxy) is 1. The fourth-order valence-corrected chi connectivity index (χ4v) is 1.08. The van der Waals surface area contributed by atoms with Crippen LogP contribution in [0.3, 0.4) is 0 Å². The van der Waals surface area contributed by atoms with Gasteiger partial charge in [-0.25, -0.2) is 9.36 Å². The normalized spacial score (nSPS) is 12.6. The first-order valence-corrected chi connectivity index (χ1v) is 6.42. The Labute approximate surface area is 109 Å². The minimum absolute atomic E-state index is 0.00292. The van der Waals surface area contributed by atoms with Gasteiger partial charge in [-0.05, 0) is 25.2 Å². The van der Waals surface area contributed by atoms with E-state index in [1.165, 1.54) is 32.1 Å². The van der Waals surface area contributed by atoms with Gasteiger partial charge in [-0.1, -0.05) is 6.58 Å². The van der Waals surface area contributed by atoms with Gasteiger partial charge in [0.2, 0.25) is 5.91 Å². The molecule has 0 bridgehead atoms. The van der Waals surface area contributed by atoms with E-state index < -0.39 is 14.0 Å². The average Bonchev–Trinajstić information content (AvgIpc) is 2.20. The Bertz CT molecular complexity index is 474. The van der Waals surface area contributed by atoms with Crippen molar-refractivity contribution in [3.05, 3.63) is 36.3 Å². The van der Waals surface area contributed by atoms with Crippen LogP contribution in [0.2, 0.25) is 0 Å². The van der Waals surface area contributed by atoms with Crippen molar-refractivity contribution in [2.75, 3.05) is 0 Å². The maximum atomic E-state index is 10.9. The van der Waals surface area contributed by atoms with Gasteiger partial charge in [0.05, 0.1) is 0 Å². The summed E-state index contributed by atoms with van der Waals surface area (Å²) < 4.78 is 18.4. The van der Waals surface area contributed by atoms with Crippen LogP contribution in [0.4, 0.5) is 4.79 Å². The minimum atomic E-state index is -4.93. The predicted octanol–water partition coefficient (Wildman–Crippen LogP) is 1.34. The van der Waals surface area contributed by atoms with E-state index in [1.807, 2.05) is 0 Å². The molecule has 0 aliphatic carbocycles. The van der Waals surface area contributed by atoms with Crippen LogP contribution < -0.4 is 5.32 Å². The molecule has 0 aliphatic heterocycles. The maximum absolute atomic E-state index is 10.9. The first-order chi connectivity index (χ1) is 8.64. The summed E-state index contributed by atoms with van der Waals surface area (Å²) in [6.45, 7) is 6.11. The van der Waals surface area contributed by atoms with Crippen LogP contribution in [-0.4, -0.2) is 21.8 Å². The van der Waals surface area contributed by atoms with Gasteiger partial charge in [-0.3, -0.25) is 14.6 Å². The fourth-order valence-electron chi connectivity index (χ4n) is 0.852. The van der Waals surface area contributed by atoms with Crippen molar-refractivity contribution in [2.45, 2.75) is 13.8 Å². The molecule has 0 radical (unpaired) electrons. The highest BCUT2D eigenvalue weighted by molar-refractivity contribution is 7.46. The van der Waals surface area contributed by atoms with Gasteiger partial charge in [0.15, 0.2) is 0 Å². The number of allylic oxidation sites excluding steroid dienone is 4. The Morgan fingerprint density at radius 3 is 2.26 bits per heavy atom. The van der Waals surface area contributed by atoms with E-state index >= 15 is 0 Å². The summed E-state index contributed by atoms with van der Waals surface area (Å²) in [6.07, 6.45) is 2.50. The number of phosphoric ester groups is 1.